The quantitative estimate of drug-likeness (QED) is 0.0201. The smallest absolute Gasteiger partial charge is 0.306 e. The molecular formula is C52H86O6. The molecule has 0 aromatic carbocycles. The Morgan fingerprint density at radius 1 is 0.379 bits per heavy atom. The van der Waals surface area contributed by atoms with Gasteiger partial charge in [0.05, 0.1) is 0 Å². The normalized spacial score (nSPS) is 12.8. The molecule has 58 heavy (non-hydrogen) atoms. The molecule has 1 unspecified atom stereocenters. The Balaban J connectivity index is 4.45. The summed E-state index contributed by atoms with van der Waals surface area (Å²) in [6, 6.07) is 0. The standard InChI is InChI=1S/C52H86O6/c1-4-7-10-13-16-19-22-24-25-26-27-28-31-33-36-39-42-45-51(54)57-48-49(47-56-50(53)44-41-38-35-32-29-21-18-15-12-9-6-3)58-52(55)46-43-40-37-34-30-23-20-17-14-11-8-5-2/h8,11,15-21,24-25,29-30,34,49H,4-7,9-10,12-14,22-23,26-28,31-33,35-48H2,1-3H3/b11-8-,18-15-,19-16-,20-17-,25-24-,29-21-,34-30-. The summed E-state index contributed by atoms with van der Waals surface area (Å²) in [5.41, 5.74) is 0. The van der Waals surface area contributed by atoms with Crippen LogP contribution in [-0.4, -0.2) is 37.2 Å². The summed E-state index contributed by atoms with van der Waals surface area (Å²) in [7, 11) is 0. The molecule has 0 rings (SSSR count). The second-order valence-electron chi connectivity index (χ2n) is 15.3. The molecule has 0 aromatic rings. The monoisotopic (exact) mass is 807 g/mol. The molecule has 0 fully saturated rings. The zero-order chi connectivity index (χ0) is 42.3. The Hall–Kier alpha value is -3.41. The first-order valence-electron chi connectivity index (χ1n) is 23.6. The van der Waals surface area contributed by atoms with Crippen molar-refractivity contribution in [2.75, 3.05) is 13.2 Å². The molecule has 0 N–H and O–H groups in total. The molecule has 6 nitrogen and oxygen atoms in total. The lowest BCUT2D eigenvalue weighted by Crippen LogP contribution is -2.30. The third-order valence-corrected chi connectivity index (χ3v) is 9.63. The lowest BCUT2D eigenvalue weighted by molar-refractivity contribution is -0.167. The fraction of sp³-hybridized carbons (Fsp3) is 0.673. The summed E-state index contributed by atoms with van der Waals surface area (Å²) in [6.07, 6.45) is 58.6. The van der Waals surface area contributed by atoms with E-state index in [4.69, 9.17) is 14.2 Å². The van der Waals surface area contributed by atoms with Gasteiger partial charge >= 0.3 is 17.9 Å². The van der Waals surface area contributed by atoms with Gasteiger partial charge in [0.1, 0.15) is 13.2 Å². The predicted octanol–water partition coefficient (Wildman–Crippen LogP) is 15.3. The van der Waals surface area contributed by atoms with Crippen molar-refractivity contribution in [1.82, 2.24) is 0 Å². The largest absolute Gasteiger partial charge is 0.462 e. The van der Waals surface area contributed by atoms with Gasteiger partial charge in [0.15, 0.2) is 6.10 Å². The van der Waals surface area contributed by atoms with Crippen LogP contribution >= 0.6 is 0 Å². The Kier molecular flexibility index (Phi) is 43.6. The van der Waals surface area contributed by atoms with Gasteiger partial charge in [-0.15, -0.1) is 0 Å². The average Bonchev–Trinajstić information content (AvgIpc) is 3.22. The summed E-state index contributed by atoms with van der Waals surface area (Å²) in [5.74, 6) is -0.989. The van der Waals surface area contributed by atoms with Crippen molar-refractivity contribution < 1.29 is 28.6 Å². The van der Waals surface area contributed by atoms with Crippen LogP contribution in [0.25, 0.3) is 0 Å². The van der Waals surface area contributed by atoms with E-state index in [1.807, 2.05) is 0 Å². The fourth-order valence-electron chi connectivity index (χ4n) is 6.05. The lowest BCUT2D eigenvalue weighted by Gasteiger charge is -2.18. The maximum atomic E-state index is 12.7. The van der Waals surface area contributed by atoms with Crippen LogP contribution in [0, 0.1) is 0 Å². The Morgan fingerprint density at radius 3 is 1.26 bits per heavy atom. The van der Waals surface area contributed by atoms with Crippen molar-refractivity contribution in [1.29, 1.82) is 0 Å². The minimum atomic E-state index is -0.809. The van der Waals surface area contributed by atoms with Crippen LogP contribution in [-0.2, 0) is 28.6 Å². The van der Waals surface area contributed by atoms with E-state index in [0.29, 0.717) is 19.3 Å². The van der Waals surface area contributed by atoms with Gasteiger partial charge in [-0.1, -0.05) is 170 Å². The summed E-state index contributed by atoms with van der Waals surface area (Å²) < 4.78 is 16.7. The molecule has 0 amide bonds. The molecule has 0 spiro atoms. The summed E-state index contributed by atoms with van der Waals surface area (Å²) >= 11 is 0. The summed E-state index contributed by atoms with van der Waals surface area (Å²) in [6.45, 7) is 6.36. The van der Waals surface area contributed by atoms with E-state index in [1.165, 1.54) is 64.2 Å². The number of carbonyl (C=O) groups excluding carboxylic acids is 3. The molecule has 0 heterocycles. The van der Waals surface area contributed by atoms with Crippen molar-refractivity contribution in [2.24, 2.45) is 0 Å². The molecule has 0 saturated carbocycles. The first kappa shape index (κ1) is 54.6. The summed E-state index contributed by atoms with van der Waals surface area (Å²) in [4.78, 5) is 37.8. The predicted molar refractivity (Wildman–Crippen MR) is 247 cm³/mol. The highest BCUT2D eigenvalue weighted by molar-refractivity contribution is 5.71. The minimum Gasteiger partial charge on any atom is -0.462 e. The van der Waals surface area contributed by atoms with Crippen LogP contribution < -0.4 is 0 Å². The molecule has 6 heteroatoms. The van der Waals surface area contributed by atoms with Gasteiger partial charge in [-0.25, -0.2) is 0 Å². The average molecular weight is 807 g/mol. The van der Waals surface area contributed by atoms with E-state index in [0.717, 1.165) is 96.3 Å². The first-order chi connectivity index (χ1) is 28.5. The van der Waals surface area contributed by atoms with Crippen LogP contribution in [0.15, 0.2) is 85.1 Å². The minimum absolute atomic E-state index is 0.106. The second kappa shape index (κ2) is 46.3. The molecule has 1 atom stereocenters. The number of carbonyl (C=O) groups is 3. The molecule has 0 aliphatic rings. The van der Waals surface area contributed by atoms with Gasteiger partial charge < -0.3 is 14.2 Å². The molecule has 0 radical (unpaired) electrons. The van der Waals surface area contributed by atoms with Crippen molar-refractivity contribution in [2.45, 2.75) is 213 Å². The van der Waals surface area contributed by atoms with E-state index in [1.54, 1.807) is 0 Å². The Bertz CT molecular complexity index is 1160. The summed E-state index contributed by atoms with van der Waals surface area (Å²) in [5, 5.41) is 0. The zero-order valence-corrected chi connectivity index (χ0v) is 37.5. The molecule has 0 bridgehead atoms. The number of allylic oxidation sites excluding steroid dienone is 14. The number of esters is 3. The maximum Gasteiger partial charge on any atom is 0.306 e. The number of hydrogen-bond acceptors (Lipinski definition) is 6. The van der Waals surface area contributed by atoms with Crippen molar-refractivity contribution in [3.63, 3.8) is 0 Å². The Labute approximate surface area is 356 Å². The highest BCUT2D eigenvalue weighted by Gasteiger charge is 2.19. The zero-order valence-electron chi connectivity index (χ0n) is 37.5. The second-order valence-corrected chi connectivity index (χ2v) is 15.3. The molecule has 0 saturated heterocycles. The number of ether oxygens (including phenoxy) is 3. The van der Waals surface area contributed by atoms with Crippen LogP contribution in [0.4, 0.5) is 0 Å². The van der Waals surface area contributed by atoms with E-state index < -0.39 is 6.10 Å². The van der Waals surface area contributed by atoms with E-state index in [-0.39, 0.29) is 37.5 Å². The topological polar surface area (TPSA) is 78.9 Å². The lowest BCUT2D eigenvalue weighted by atomic mass is 10.1. The van der Waals surface area contributed by atoms with Gasteiger partial charge in [-0.3, -0.25) is 14.4 Å². The first-order valence-corrected chi connectivity index (χ1v) is 23.6. The van der Waals surface area contributed by atoms with Crippen molar-refractivity contribution >= 4 is 17.9 Å². The number of unbranched alkanes of at least 4 members (excludes halogenated alkanes) is 17. The molecule has 330 valence electrons. The molecule has 0 aliphatic heterocycles. The van der Waals surface area contributed by atoms with Crippen LogP contribution in [0.3, 0.4) is 0 Å². The highest BCUT2D eigenvalue weighted by Crippen LogP contribution is 2.12. The third-order valence-electron chi connectivity index (χ3n) is 9.63. The van der Waals surface area contributed by atoms with Gasteiger partial charge in [-0.2, -0.15) is 0 Å². The van der Waals surface area contributed by atoms with Crippen LogP contribution in [0.1, 0.15) is 207 Å². The van der Waals surface area contributed by atoms with Crippen molar-refractivity contribution in [3.8, 4) is 0 Å². The third kappa shape index (κ3) is 43.7. The van der Waals surface area contributed by atoms with Crippen molar-refractivity contribution in [3.05, 3.63) is 85.1 Å². The van der Waals surface area contributed by atoms with Gasteiger partial charge in [0, 0.05) is 19.3 Å². The molecule has 0 aromatic heterocycles. The molecule has 0 aliphatic carbocycles. The van der Waals surface area contributed by atoms with Gasteiger partial charge in [0.2, 0.25) is 0 Å². The molecular weight excluding hydrogens is 721 g/mol. The van der Waals surface area contributed by atoms with E-state index >= 15 is 0 Å². The Morgan fingerprint density at radius 2 is 0.741 bits per heavy atom. The van der Waals surface area contributed by atoms with E-state index in [9.17, 15) is 14.4 Å². The van der Waals surface area contributed by atoms with Crippen LogP contribution in [0.5, 0.6) is 0 Å². The van der Waals surface area contributed by atoms with Crippen LogP contribution in [0.2, 0.25) is 0 Å². The van der Waals surface area contributed by atoms with E-state index in [2.05, 4.69) is 106 Å². The fourth-order valence-corrected chi connectivity index (χ4v) is 6.05. The SMILES string of the molecule is CC/C=C\C/C=C\C/C=C\CCCCC(=O)OC(COC(=O)CCCCC/C=C\C=C/CCCC)COC(=O)CCCCCCCCC/C=C\C/C=C\CCCCC. The van der Waals surface area contributed by atoms with Gasteiger partial charge in [-0.05, 0) is 103 Å². The number of hydrogen-bond donors (Lipinski definition) is 0. The maximum absolute atomic E-state index is 12.7. The van der Waals surface area contributed by atoms with Gasteiger partial charge in [0.25, 0.3) is 0 Å². The highest BCUT2D eigenvalue weighted by atomic mass is 16.6. The number of rotatable bonds is 41.